The number of carbonyl (C=O) groups is 2. The second-order valence-corrected chi connectivity index (χ2v) is 15.0. The van der Waals surface area contributed by atoms with Crippen LogP contribution in [0.3, 0.4) is 0 Å². The highest BCUT2D eigenvalue weighted by Gasteiger charge is 2.51. The van der Waals surface area contributed by atoms with Crippen LogP contribution < -0.4 is 10.4 Å². The van der Waals surface area contributed by atoms with Crippen molar-refractivity contribution in [1.29, 1.82) is 0 Å². The van der Waals surface area contributed by atoms with E-state index >= 15 is 0 Å². The molecule has 5 nitrogen and oxygen atoms in total. The van der Waals surface area contributed by atoms with Crippen LogP contribution in [-0.4, -0.2) is 49.9 Å². The number of nitrogens with zero attached hydrogens (tertiary/aromatic N) is 1. The van der Waals surface area contributed by atoms with Gasteiger partial charge in [-0.1, -0.05) is 93.6 Å². The molecule has 0 spiro atoms. The van der Waals surface area contributed by atoms with Crippen LogP contribution in [0, 0.1) is 0 Å². The van der Waals surface area contributed by atoms with Gasteiger partial charge in [0.2, 0.25) is 5.91 Å². The quantitative estimate of drug-likeness (QED) is 0.476. The van der Waals surface area contributed by atoms with E-state index in [1.54, 1.807) is 6.08 Å². The zero-order valence-corrected chi connectivity index (χ0v) is 21.6. The first-order chi connectivity index (χ1) is 16.8. The Labute approximate surface area is 208 Å². The van der Waals surface area contributed by atoms with Crippen LogP contribution in [0.2, 0.25) is 5.04 Å². The molecular formula is C29H33NO4Si. The molecule has 5 rings (SSSR count). The van der Waals surface area contributed by atoms with Gasteiger partial charge in [-0.25, -0.2) is 4.79 Å². The lowest BCUT2D eigenvalue weighted by Crippen LogP contribution is -2.67. The Morgan fingerprint density at radius 3 is 2.23 bits per heavy atom. The van der Waals surface area contributed by atoms with Crippen molar-refractivity contribution in [3.8, 4) is 0 Å². The largest absolute Gasteiger partial charge is 0.452 e. The molecule has 0 aromatic heterocycles. The molecule has 3 aliphatic rings. The van der Waals surface area contributed by atoms with Crippen LogP contribution >= 0.6 is 0 Å². The zero-order chi connectivity index (χ0) is 24.6. The van der Waals surface area contributed by atoms with Gasteiger partial charge in [0.1, 0.15) is 6.10 Å². The average Bonchev–Trinajstić information content (AvgIpc) is 3.15. The molecule has 3 aliphatic heterocycles. The van der Waals surface area contributed by atoms with E-state index in [2.05, 4.69) is 69.3 Å². The van der Waals surface area contributed by atoms with Crippen molar-refractivity contribution in [2.75, 3.05) is 6.61 Å². The standard InChI is InChI=1S/C29H33NO4Si/c1-29(2,3)35(23-11-6-4-7-12-23,24-13-8-5-9-14-24)33-20-22-18-17-21-19-27(32)34-28(21)25-15-10-16-26(31)30(22)25/h4-9,11-14,17-19,22,25,28H,10,15-16,20H2,1-3H3/t22-,25-,28-/m1/s1. The third-order valence-electron chi connectivity index (χ3n) is 7.50. The summed E-state index contributed by atoms with van der Waals surface area (Å²) < 4.78 is 12.8. The number of carbonyl (C=O) groups excluding carboxylic acids is 2. The highest BCUT2D eigenvalue weighted by Crippen LogP contribution is 2.38. The number of rotatable bonds is 5. The molecule has 1 saturated heterocycles. The minimum absolute atomic E-state index is 0.103. The Bertz CT molecular complexity index is 1110. The highest BCUT2D eigenvalue weighted by atomic mass is 28.4. The Kier molecular flexibility index (Phi) is 6.28. The zero-order valence-electron chi connectivity index (χ0n) is 20.6. The predicted molar refractivity (Wildman–Crippen MR) is 139 cm³/mol. The van der Waals surface area contributed by atoms with Crippen LogP contribution in [0.15, 0.2) is 84.5 Å². The second kappa shape index (κ2) is 9.24. The number of hydrogen-bond acceptors (Lipinski definition) is 4. The highest BCUT2D eigenvalue weighted by molar-refractivity contribution is 6.99. The van der Waals surface area contributed by atoms with Crippen molar-refractivity contribution in [3.05, 3.63) is 84.5 Å². The van der Waals surface area contributed by atoms with E-state index in [1.807, 2.05) is 29.2 Å². The van der Waals surface area contributed by atoms with E-state index in [1.165, 1.54) is 10.4 Å². The van der Waals surface area contributed by atoms with Gasteiger partial charge in [-0.15, -0.1) is 0 Å². The van der Waals surface area contributed by atoms with Crippen molar-refractivity contribution in [2.24, 2.45) is 0 Å². The van der Waals surface area contributed by atoms with Crippen LogP contribution in [0.1, 0.15) is 40.0 Å². The Hall–Kier alpha value is -2.96. The maximum atomic E-state index is 13.2. The molecule has 0 bridgehead atoms. The van der Waals surface area contributed by atoms with Crippen molar-refractivity contribution in [2.45, 2.75) is 63.3 Å². The van der Waals surface area contributed by atoms with E-state index in [0.717, 1.165) is 18.4 Å². The molecule has 1 fully saturated rings. The summed E-state index contributed by atoms with van der Waals surface area (Å²) in [7, 11) is -2.74. The topological polar surface area (TPSA) is 55.8 Å². The third kappa shape index (κ3) is 4.19. The minimum atomic E-state index is -2.74. The maximum absolute atomic E-state index is 13.2. The van der Waals surface area contributed by atoms with E-state index in [9.17, 15) is 9.59 Å². The molecule has 2 aromatic rings. The summed E-state index contributed by atoms with van der Waals surface area (Å²) in [5.74, 6) is -0.221. The van der Waals surface area contributed by atoms with Gasteiger partial charge in [-0.3, -0.25) is 4.79 Å². The number of ether oxygens (including phenoxy) is 1. The SMILES string of the molecule is CC(C)(C)[Si](OC[C@H]1C=CC2=CC(=O)O[C@H]2[C@H]2CCCC(=O)N12)(c1ccccc1)c1ccccc1. The first kappa shape index (κ1) is 23.8. The predicted octanol–water partition coefficient (Wildman–Crippen LogP) is 3.73. The lowest BCUT2D eigenvalue weighted by Gasteiger charge is -2.46. The van der Waals surface area contributed by atoms with Crippen LogP contribution in [-0.2, 0) is 18.8 Å². The number of piperidine rings is 1. The van der Waals surface area contributed by atoms with Crippen LogP contribution in [0.5, 0.6) is 0 Å². The summed E-state index contributed by atoms with van der Waals surface area (Å²) in [4.78, 5) is 27.1. The number of fused-ring (bicyclic) bond motifs is 3. The first-order valence-corrected chi connectivity index (χ1v) is 14.4. The molecule has 35 heavy (non-hydrogen) atoms. The fraction of sp³-hybridized carbons (Fsp3) is 0.379. The van der Waals surface area contributed by atoms with Crippen molar-refractivity contribution in [1.82, 2.24) is 4.90 Å². The summed E-state index contributed by atoms with van der Waals surface area (Å²) in [6.45, 7) is 7.16. The summed E-state index contributed by atoms with van der Waals surface area (Å²) in [6.07, 6.45) is 7.30. The van der Waals surface area contributed by atoms with Crippen molar-refractivity contribution < 1.29 is 18.8 Å². The monoisotopic (exact) mass is 487 g/mol. The molecule has 3 heterocycles. The van der Waals surface area contributed by atoms with Gasteiger partial charge in [0.05, 0.1) is 18.7 Å². The van der Waals surface area contributed by atoms with Gasteiger partial charge in [-0.05, 0) is 28.3 Å². The van der Waals surface area contributed by atoms with Gasteiger partial charge in [0.25, 0.3) is 8.32 Å². The summed E-state index contributed by atoms with van der Waals surface area (Å²) in [6, 6.07) is 20.7. The molecule has 0 unspecified atom stereocenters. The molecule has 0 saturated carbocycles. The molecule has 1 amide bonds. The molecule has 2 aromatic carbocycles. The van der Waals surface area contributed by atoms with E-state index in [0.29, 0.717) is 13.0 Å². The minimum Gasteiger partial charge on any atom is -0.452 e. The number of esters is 1. The first-order valence-electron chi connectivity index (χ1n) is 12.5. The fourth-order valence-corrected chi connectivity index (χ4v) is 10.5. The van der Waals surface area contributed by atoms with Gasteiger partial charge < -0.3 is 14.1 Å². The number of benzene rings is 2. The summed E-state index contributed by atoms with van der Waals surface area (Å²) >= 11 is 0. The van der Waals surface area contributed by atoms with Gasteiger partial charge >= 0.3 is 5.97 Å². The molecule has 0 N–H and O–H groups in total. The van der Waals surface area contributed by atoms with E-state index in [4.69, 9.17) is 9.16 Å². The lowest BCUT2D eigenvalue weighted by atomic mass is 9.93. The number of amides is 1. The van der Waals surface area contributed by atoms with Crippen LogP contribution in [0.25, 0.3) is 0 Å². The normalized spacial score (nSPS) is 24.4. The van der Waals surface area contributed by atoms with Crippen molar-refractivity contribution >= 4 is 30.6 Å². The Balaban J connectivity index is 1.56. The van der Waals surface area contributed by atoms with Crippen LogP contribution in [0.4, 0.5) is 0 Å². The number of hydrogen-bond donors (Lipinski definition) is 0. The molecule has 6 heteroatoms. The molecule has 3 atom stereocenters. The average molecular weight is 488 g/mol. The smallest absolute Gasteiger partial charge is 0.331 e. The van der Waals surface area contributed by atoms with Crippen molar-refractivity contribution in [3.63, 3.8) is 0 Å². The molecule has 0 radical (unpaired) electrons. The Morgan fingerprint density at radius 1 is 1.00 bits per heavy atom. The van der Waals surface area contributed by atoms with Gasteiger partial charge in [0, 0.05) is 18.1 Å². The Morgan fingerprint density at radius 2 is 1.63 bits per heavy atom. The third-order valence-corrected chi connectivity index (χ3v) is 12.5. The fourth-order valence-electron chi connectivity index (χ4n) is 5.96. The lowest BCUT2D eigenvalue weighted by molar-refractivity contribution is -0.150. The van der Waals surface area contributed by atoms with E-state index in [-0.39, 0.29) is 35.1 Å². The summed E-state index contributed by atoms with van der Waals surface area (Å²) in [5.41, 5.74) is 0.854. The van der Waals surface area contributed by atoms with Gasteiger partial charge in [0.15, 0.2) is 0 Å². The van der Waals surface area contributed by atoms with E-state index < -0.39 is 8.32 Å². The maximum Gasteiger partial charge on any atom is 0.331 e. The van der Waals surface area contributed by atoms with Gasteiger partial charge in [-0.2, -0.15) is 0 Å². The summed E-state index contributed by atoms with van der Waals surface area (Å²) in [5, 5.41) is 2.28. The molecule has 0 aliphatic carbocycles. The second-order valence-electron chi connectivity index (χ2n) is 10.7. The molecule has 182 valence electrons. The molecular weight excluding hydrogens is 454 g/mol.